The van der Waals surface area contributed by atoms with E-state index in [9.17, 15) is 0 Å². The predicted octanol–water partition coefficient (Wildman–Crippen LogP) is 1.96. The normalized spacial score (nSPS) is 10.7. The summed E-state index contributed by atoms with van der Waals surface area (Å²) in [4.78, 5) is 12.7. The molecular formula is C14H13N5O. The van der Waals surface area contributed by atoms with Crippen molar-refractivity contribution in [2.75, 3.05) is 0 Å². The minimum absolute atomic E-state index is 0.373. The van der Waals surface area contributed by atoms with Gasteiger partial charge in [0, 0.05) is 24.5 Å². The second-order valence-corrected chi connectivity index (χ2v) is 4.41. The first-order valence-corrected chi connectivity index (χ1v) is 6.18. The molecular weight excluding hydrogens is 254 g/mol. The summed E-state index contributed by atoms with van der Waals surface area (Å²) < 4.78 is 5.25. The minimum atomic E-state index is 0.373. The number of aryl methyl sites for hydroxylation is 1. The van der Waals surface area contributed by atoms with Crippen LogP contribution in [0, 0.1) is 6.92 Å². The van der Waals surface area contributed by atoms with Crippen LogP contribution in [0.15, 0.2) is 41.2 Å². The maximum atomic E-state index is 5.62. The van der Waals surface area contributed by atoms with Gasteiger partial charge in [-0.25, -0.2) is 9.97 Å². The molecule has 0 saturated carbocycles. The lowest BCUT2D eigenvalue weighted by atomic mass is 10.1. The van der Waals surface area contributed by atoms with E-state index in [1.807, 2.05) is 31.2 Å². The molecule has 0 saturated heterocycles. The predicted molar refractivity (Wildman–Crippen MR) is 73.4 cm³/mol. The van der Waals surface area contributed by atoms with Crippen LogP contribution in [0.2, 0.25) is 0 Å². The average molecular weight is 267 g/mol. The highest BCUT2D eigenvalue weighted by molar-refractivity contribution is 5.56. The molecule has 0 spiro atoms. The molecule has 0 aliphatic heterocycles. The number of rotatable bonds is 3. The first-order chi connectivity index (χ1) is 9.76. The topological polar surface area (TPSA) is 90.7 Å². The van der Waals surface area contributed by atoms with Crippen LogP contribution in [-0.4, -0.2) is 20.1 Å². The van der Waals surface area contributed by atoms with Gasteiger partial charge in [-0.3, -0.25) is 0 Å². The molecule has 2 heterocycles. The third-order valence-electron chi connectivity index (χ3n) is 2.82. The summed E-state index contributed by atoms with van der Waals surface area (Å²) in [6.45, 7) is 2.39. The molecule has 0 amide bonds. The van der Waals surface area contributed by atoms with Crippen LogP contribution < -0.4 is 5.73 Å². The summed E-state index contributed by atoms with van der Waals surface area (Å²) in [6.07, 6.45) is 3.43. The van der Waals surface area contributed by atoms with Crippen LogP contribution in [0.4, 0.5) is 0 Å². The van der Waals surface area contributed by atoms with Gasteiger partial charge in [0.15, 0.2) is 0 Å². The summed E-state index contributed by atoms with van der Waals surface area (Å²) in [5.41, 5.74) is 8.44. The number of nitrogens with two attached hydrogens (primary N) is 1. The van der Waals surface area contributed by atoms with Gasteiger partial charge in [-0.1, -0.05) is 17.3 Å². The zero-order chi connectivity index (χ0) is 13.9. The first-order valence-electron chi connectivity index (χ1n) is 6.18. The Morgan fingerprint density at radius 3 is 2.70 bits per heavy atom. The molecule has 20 heavy (non-hydrogen) atoms. The van der Waals surface area contributed by atoms with Gasteiger partial charge in [-0.2, -0.15) is 4.98 Å². The van der Waals surface area contributed by atoms with Crippen LogP contribution in [0.3, 0.4) is 0 Å². The molecule has 0 aliphatic carbocycles. The molecule has 0 radical (unpaired) electrons. The van der Waals surface area contributed by atoms with Gasteiger partial charge in [0.05, 0.1) is 0 Å². The molecule has 0 atom stereocenters. The Labute approximate surface area is 115 Å². The molecule has 0 aliphatic rings. The summed E-state index contributed by atoms with van der Waals surface area (Å²) in [5.74, 6) is 1.25. The van der Waals surface area contributed by atoms with Gasteiger partial charge in [0.2, 0.25) is 11.6 Å². The molecule has 1 aromatic carbocycles. The Bertz CT molecular complexity index is 720. The monoisotopic (exact) mass is 267 g/mol. The highest BCUT2D eigenvalue weighted by atomic mass is 16.5. The van der Waals surface area contributed by atoms with Crippen molar-refractivity contribution in [3.05, 3.63) is 47.8 Å². The standard InChI is InChI=1S/C14H13N5O/c1-9-7-16-12(17-8-9)13-18-14(20-19-13)11-4-2-3-10(5-11)6-15/h2-5,7-8H,6,15H2,1H3. The third-order valence-corrected chi connectivity index (χ3v) is 2.82. The van der Waals surface area contributed by atoms with Gasteiger partial charge in [-0.05, 0) is 30.2 Å². The molecule has 6 nitrogen and oxygen atoms in total. The minimum Gasteiger partial charge on any atom is -0.333 e. The largest absolute Gasteiger partial charge is 0.333 e. The zero-order valence-electron chi connectivity index (χ0n) is 10.9. The summed E-state index contributed by atoms with van der Waals surface area (Å²) >= 11 is 0. The lowest BCUT2D eigenvalue weighted by Gasteiger charge is -1.98. The Morgan fingerprint density at radius 2 is 1.95 bits per heavy atom. The highest BCUT2D eigenvalue weighted by Gasteiger charge is 2.12. The molecule has 100 valence electrons. The van der Waals surface area contributed by atoms with Crippen LogP contribution >= 0.6 is 0 Å². The van der Waals surface area contributed by atoms with E-state index in [0.717, 1.165) is 16.7 Å². The number of hydrogen-bond donors (Lipinski definition) is 1. The van der Waals surface area contributed by atoms with Gasteiger partial charge in [-0.15, -0.1) is 0 Å². The zero-order valence-corrected chi connectivity index (χ0v) is 10.9. The molecule has 6 heteroatoms. The molecule has 0 fully saturated rings. The van der Waals surface area contributed by atoms with E-state index >= 15 is 0 Å². The smallest absolute Gasteiger partial charge is 0.258 e. The van der Waals surface area contributed by atoms with E-state index in [-0.39, 0.29) is 0 Å². The molecule has 0 bridgehead atoms. The summed E-state index contributed by atoms with van der Waals surface area (Å²) in [6, 6.07) is 7.67. The molecule has 2 aromatic heterocycles. The van der Waals surface area contributed by atoms with Crippen molar-refractivity contribution < 1.29 is 4.52 Å². The van der Waals surface area contributed by atoms with Crippen molar-refractivity contribution >= 4 is 0 Å². The lowest BCUT2D eigenvalue weighted by Crippen LogP contribution is -1.95. The third kappa shape index (κ3) is 2.41. The maximum Gasteiger partial charge on any atom is 0.258 e. The van der Waals surface area contributed by atoms with E-state index < -0.39 is 0 Å². The van der Waals surface area contributed by atoms with Crippen LogP contribution in [0.1, 0.15) is 11.1 Å². The molecule has 2 N–H and O–H groups in total. The quantitative estimate of drug-likeness (QED) is 0.780. The van der Waals surface area contributed by atoms with Gasteiger partial charge >= 0.3 is 0 Å². The van der Waals surface area contributed by atoms with Crippen molar-refractivity contribution in [2.45, 2.75) is 13.5 Å². The second-order valence-electron chi connectivity index (χ2n) is 4.41. The summed E-state index contributed by atoms with van der Waals surface area (Å²) in [7, 11) is 0. The van der Waals surface area contributed by atoms with E-state index in [2.05, 4.69) is 20.1 Å². The fourth-order valence-electron chi connectivity index (χ4n) is 1.77. The van der Waals surface area contributed by atoms with E-state index in [1.54, 1.807) is 12.4 Å². The van der Waals surface area contributed by atoms with Crippen molar-refractivity contribution in [1.82, 2.24) is 20.1 Å². The number of hydrogen-bond acceptors (Lipinski definition) is 6. The van der Waals surface area contributed by atoms with E-state index in [4.69, 9.17) is 10.3 Å². The molecule has 3 rings (SSSR count). The van der Waals surface area contributed by atoms with Crippen molar-refractivity contribution in [1.29, 1.82) is 0 Å². The Morgan fingerprint density at radius 1 is 1.15 bits per heavy atom. The van der Waals surface area contributed by atoms with Crippen LogP contribution in [0.5, 0.6) is 0 Å². The van der Waals surface area contributed by atoms with Gasteiger partial charge < -0.3 is 10.3 Å². The highest BCUT2D eigenvalue weighted by Crippen LogP contribution is 2.21. The SMILES string of the molecule is Cc1cnc(-c2noc(-c3cccc(CN)c3)n2)nc1. The molecule has 0 unspecified atom stereocenters. The van der Waals surface area contributed by atoms with Crippen LogP contribution in [0.25, 0.3) is 23.1 Å². The van der Waals surface area contributed by atoms with Crippen molar-refractivity contribution in [3.63, 3.8) is 0 Å². The number of aromatic nitrogens is 4. The number of benzene rings is 1. The Kier molecular flexibility index (Phi) is 3.22. The number of nitrogens with zero attached hydrogens (tertiary/aromatic N) is 4. The van der Waals surface area contributed by atoms with Gasteiger partial charge in [0.1, 0.15) is 0 Å². The summed E-state index contributed by atoms with van der Waals surface area (Å²) in [5, 5.41) is 3.91. The Hall–Kier alpha value is -2.60. The molecule has 3 aromatic rings. The Balaban J connectivity index is 1.95. The van der Waals surface area contributed by atoms with Crippen molar-refractivity contribution in [3.8, 4) is 23.1 Å². The van der Waals surface area contributed by atoms with Crippen LogP contribution in [-0.2, 0) is 6.54 Å². The van der Waals surface area contributed by atoms with Crippen molar-refractivity contribution in [2.24, 2.45) is 5.73 Å². The average Bonchev–Trinajstić information content (AvgIpc) is 2.98. The van der Waals surface area contributed by atoms with E-state index in [0.29, 0.717) is 24.1 Å². The van der Waals surface area contributed by atoms with E-state index in [1.165, 1.54) is 0 Å². The fourth-order valence-corrected chi connectivity index (χ4v) is 1.77. The second kappa shape index (κ2) is 5.18. The maximum absolute atomic E-state index is 5.62. The fraction of sp³-hybridized carbons (Fsp3) is 0.143. The van der Waals surface area contributed by atoms with Gasteiger partial charge in [0.25, 0.3) is 5.89 Å². The first kappa shape index (κ1) is 12.4. The lowest BCUT2D eigenvalue weighted by molar-refractivity contribution is 0.432.